The molecule has 4 fully saturated rings. The molecule has 1 N–H and O–H groups in total. The van der Waals surface area contributed by atoms with Gasteiger partial charge in [-0.05, 0) is 125 Å². The van der Waals surface area contributed by atoms with Gasteiger partial charge in [0.15, 0.2) is 0 Å². The largest absolute Gasteiger partial charge is 0.462 e. The van der Waals surface area contributed by atoms with Gasteiger partial charge in [0, 0.05) is 23.0 Å². The lowest BCUT2D eigenvalue weighted by molar-refractivity contribution is -0.0296. The van der Waals surface area contributed by atoms with E-state index in [2.05, 4.69) is 16.4 Å². The Hall–Kier alpha value is -3.12. The number of esters is 2. The Kier molecular flexibility index (Phi) is 8.93. The molecule has 202 valence electrons. The molecular formula is C31H37ClN2O4. The van der Waals surface area contributed by atoms with Crippen molar-refractivity contribution in [3.8, 4) is 0 Å². The lowest BCUT2D eigenvalue weighted by Crippen LogP contribution is -2.48. The van der Waals surface area contributed by atoms with Crippen LogP contribution in [0.2, 0.25) is 0 Å². The maximum absolute atomic E-state index is 12.1. The molecule has 0 aromatic heterocycles. The highest BCUT2D eigenvalue weighted by molar-refractivity contribution is 5.90. The standard InChI is InChI=1S/C31H36N2O4.ClH/c1-3-36-29(34)24-5-9-26(10-6-24)32-14-13-28(31-18-21-15-22(19-31)17-23(16-21)20-31)33-27-11-7-25(8-12-27)30(35)37-4-2;/h5-14,21-23,33H,3-4,15-20H2,1-2H3;1H/b28-13-,32-14?;. The van der Waals surface area contributed by atoms with Gasteiger partial charge < -0.3 is 14.8 Å². The summed E-state index contributed by atoms with van der Waals surface area (Å²) in [5, 5.41) is 3.72. The van der Waals surface area contributed by atoms with E-state index in [0.29, 0.717) is 24.3 Å². The summed E-state index contributed by atoms with van der Waals surface area (Å²) in [5.41, 5.74) is 4.19. The summed E-state index contributed by atoms with van der Waals surface area (Å²) < 4.78 is 10.2. The van der Waals surface area contributed by atoms with Crippen LogP contribution >= 0.6 is 12.4 Å². The number of aliphatic imine (C=N–C) groups is 1. The quantitative estimate of drug-likeness (QED) is 0.267. The first-order valence-electron chi connectivity index (χ1n) is 13.5. The highest BCUT2D eigenvalue weighted by Crippen LogP contribution is 2.62. The zero-order chi connectivity index (χ0) is 25.8. The Labute approximate surface area is 231 Å². The van der Waals surface area contributed by atoms with Crippen molar-refractivity contribution in [3.05, 3.63) is 71.4 Å². The van der Waals surface area contributed by atoms with Gasteiger partial charge in [0.25, 0.3) is 0 Å². The van der Waals surface area contributed by atoms with E-state index in [0.717, 1.165) is 29.1 Å². The molecule has 2 aromatic rings. The van der Waals surface area contributed by atoms with Gasteiger partial charge in [-0.1, -0.05) is 0 Å². The SMILES string of the molecule is CCOC(=O)c1ccc(N=C/C=C(\Nc2ccc(C(=O)OCC)cc2)C23CC4CC(CC(C4)C2)C3)cc1.Cl. The average molecular weight is 537 g/mol. The molecule has 0 aliphatic heterocycles. The van der Waals surface area contributed by atoms with Gasteiger partial charge in [0.05, 0.1) is 30.0 Å². The average Bonchev–Trinajstić information content (AvgIpc) is 2.88. The summed E-state index contributed by atoms with van der Waals surface area (Å²) >= 11 is 0. The first kappa shape index (κ1) is 27.9. The number of halogens is 1. The molecule has 0 radical (unpaired) electrons. The smallest absolute Gasteiger partial charge is 0.338 e. The summed E-state index contributed by atoms with van der Waals surface area (Å²) in [7, 11) is 0. The van der Waals surface area contributed by atoms with Gasteiger partial charge in [-0.15, -0.1) is 12.4 Å². The van der Waals surface area contributed by atoms with Gasteiger partial charge in [0.1, 0.15) is 0 Å². The van der Waals surface area contributed by atoms with Crippen LogP contribution in [0.4, 0.5) is 11.4 Å². The molecule has 2 aromatic carbocycles. The van der Waals surface area contributed by atoms with E-state index in [1.165, 1.54) is 44.2 Å². The van der Waals surface area contributed by atoms with Crippen molar-refractivity contribution in [2.24, 2.45) is 28.2 Å². The number of benzene rings is 2. The van der Waals surface area contributed by atoms with Crippen LogP contribution in [0.15, 0.2) is 65.3 Å². The van der Waals surface area contributed by atoms with Crippen LogP contribution in [0.5, 0.6) is 0 Å². The van der Waals surface area contributed by atoms with Crippen molar-refractivity contribution in [1.82, 2.24) is 0 Å². The third kappa shape index (κ3) is 6.12. The molecule has 6 nitrogen and oxygen atoms in total. The first-order valence-corrected chi connectivity index (χ1v) is 13.5. The summed E-state index contributed by atoms with van der Waals surface area (Å²) in [4.78, 5) is 28.7. The first-order chi connectivity index (χ1) is 18.0. The predicted molar refractivity (Wildman–Crippen MR) is 153 cm³/mol. The molecule has 4 aliphatic carbocycles. The van der Waals surface area contributed by atoms with Crippen LogP contribution in [0, 0.1) is 23.2 Å². The van der Waals surface area contributed by atoms with E-state index in [-0.39, 0.29) is 29.8 Å². The third-order valence-corrected chi connectivity index (χ3v) is 8.13. The number of rotatable bonds is 9. The van der Waals surface area contributed by atoms with Crippen molar-refractivity contribution >= 4 is 41.9 Å². The van der Waals surface area contributed by atoms with Gasteiger partial charge >= 0.3 is 11.9 Å². The highest BCUT2D eigenvalue weighted by atomic mass is 35.5. The molecular weight excluding hydrogens is 500 g/mol. The van der Waals surface area contributed by atoms with Crippen LogP contribution in [-0.4, -0.2) is 31.4 Å². The number of ether oxygens (including phenoxy) is 2. The van der Waals surface area contributed by atoms with Crippen LogP contribution in [0.25, 0.3) is 0 Å². The normalized spacial score (nSPS) is 25.6. The molecule has 6 rings (SSSR count). The second kappa shape index (κ2) is 12.2. The maximum Gasteiger partial charge on any atom is 0.338 e. The molecule has 0 amide bonds. The van der Waals surface area contributed by atoms with Gasteiger partial charge in [-0.3, -0.25) is 4.99 Å². The minimum absolute atomic E-state index is 0. The van der Waals surface area contributed by atoms with Crippen LogP contribution in [0.3, 0.4) is 0 Å². The number of nitrogens with one attached hydrogen (secondary N) is 1. The van der Waals surface area contributed by atoms with Crippen molar-refractivity contribution in [2.45, 2.75) is 52.4 Å². The number of anilines is 1. The van der Waals surface area contributed by atoms with Gasteiger partial charge in [-0.25, -0.2) is 9.59 Å². The molecule has 0 heterocycles. The molecule has 4 aliphatic rings. The fourth-order valence-corrected chi connectivity index (χ4v) is 6.95. The van der Waals surface area contributed by atoms with E-state index in [9.17, 15) is 9.59 Å². The molecule has 0 atom stereocenters. The summed E-state index contributed by atoms with van der Waals surface area (Å²) in [6, 6.07) is 14.7. The highest BCUT2D eigenvalue weighted by Gasteiger charge is 2.52. The minimum atomic E-state index is -0.319. The molecule has 4 saturated carbocycles. The topological polar surface area (TPSA) is 77.0 Å². The van der Waals surface area contributed by atoms with Gasteiger partial charge in [0.2, 0.25) is 0 Å². The van der Waals surface area contributed by atoms with E-state index in [1.807, 2.05) is 49.5 Å². The Balaban J connectivity index is 0.00000336. The van der Waals surface area contributed by atoms with E-state index in [4.69, 9.17) is 9.47 Å². The number of hydrogen-bond donors (Lipinski definition) is 1. The fraction of sp³-hybridized carbons (Fsp3) is 0.452. The summed E-state index contributed by atoms with van der Waals surface area (Å²) in [5.74, 6) is 1.83. The van der Waals surface area contributed by atoms with Crippen LogP contribution in [-0.2, 0) is 9.47 Å². The van der Waals surface area contributed by atoms with Crippen molar-refractivity contribution < 1.29 is 19.1 Å². The molecule has 7 heteroatoms. The van der Waals surface area contributed by atoms with E-state index >= 15 is 0 Å². The maximum atomic E-state index is 12.1. The van der Waals surface area contributed by atoms with Crippen molar-refractivity contribution in [2.75, 3.05) is 18.5 Å². The fourth-order valence-electron chi connectivity index (χ4n) is 6.95. The Morgan fingerprint density at radius 3 is 1.79 bits per heavy atom. The molecule has 4 bridgehead atoms. The zero-order valence-corrected chi connectivity index (χ0v) is 23.0. The lowest BCUT2D eigenvalue weighted by atomic mass is 9.48. The number of nitrogens with zero attached hydrogens (tertiary/aromatic N) is 1. The molecule has 0 spiro atoms. The van der Waals surface area contributed by atoms with Crippen molar-refractivity contribution in [1.29, 1.82) is 0 Å². The Morgan fingerprint density at radius 2 is 1.32 bits per heavy atom. The molecule has 0 saturated heterocycles. The second-order valence-electron chi connectivity index (χ2n) is 10.7. The van der Waals surface area contributed by atoms with E-state index in [1.54, 1.807) is 19.1 Å². The second-order valence-corrected chi connectivity index (χ2v) is 10.7. The third-order valence-electron chi connectivity index (χ3n) is 8.13. The number of carbonyl (C=O) groups is 2. The number of allylic oxidation sites excluding steroid dienone is 2. The number of hydrogen-bond acceptors (Lipinski definition) is 6. The lowest BCUT2D eigenvalue weighted by Gasteiger charge is -2.57. The Bertz CT molecular complexity index is 1150. The molecule has 38 heavy (non-hydrogen) atoms. The van der Waals surface area contributed by atoms with E-state index < -0.39 is 0 Å². The monoisotopic (exact) mass is 536 g/mol. The van der Waals surface area contributed by atoms with Crippen LogP contribution in [0.1, 0.15) is 73.1 Å². The predicted octanol–water partition coefficient (Wildman–Crippen LogP) is 7.38. The summed E-state index contributed by atoms with van der Waals surface area (Å²) in [6.45, 7) is 4.33. The zero-order valence-electron chi connectivity index (χ0n) is 22.2. The van der Waals surface area contributed by atoms with Crippen molar-refractivity contribution in [3.63, 3.8) is 0 Å². The molecule has 0 unspecified atom stereocenters. The van der Waals surface area contributed by atoms with Gasteiger partial charge in [-0.2, -0.15) is 0 Å². The minimum Gasteiger partial charge on any atom is -0.462 e. The van der Waals surface area contributed by atoms with Crippen LogP contribution < -0.4 is 5.32 Å². The number of carbonyl (C=O) groups excluding carboxylic acids is 2. The summed E-state index contributed by atoms with van der Waals surface area (Å²) in [6.07, 6.45) is 11.8. The Morgan fingerprint density at radius 1 is 0.842 bits per heavy atom.